The third kappa shape index (κ3) is 5.11. The summed E-state index contributed by atoms with van der Waals surface area (Å²) in [5.74, 6) is -0.735. The Morgan fingerprint density at radius 1 is 0.957 bits per heavy atom. The summed E-state index contributed by atoms with van der Waals surface area (Å²) in [6.07, 6.45) is 1.14. The Morgan fingerprint density at radius 2 is 1.65 bits per heavy atom. The maximum atomic E-state index is 11.0. The predicted molar refractivity (Wildman–Crippen MR) is 87.3 cm³/mol. The zero-order valence-electron chi connectivity index (χ0n) is 13.0. The summed E-state index contributed by atoms with van der Waals surface area (Å²) in [5, 5.41) is 0. The Bertz CT molecular complexity index is 702. The van der Waals surface area contributed by atoms with Gasteiger partial charge in [0.2, 0.25) is 0 Å². The van der Waals surface area contributed by atoms with Crippen molar-refractivity contribution < 1.29 is 19.1 Å². The highest BCUT2D eigenvalue weighted by Gasteiger charge is 2.03. The largest absolute Gasteiger partial charge is 0.461 e. The molecule has 0 radical (unpaired) electrons. The molecule has 4 heteroatoms. The molecule has 0 spiro atoms. The quantitative estimate of drug-likeness (QED) is 0.604. The van der Waals surface area contributed by atoms with Crippen molar-refractivity contribution in [2.45, 2.75) is 20.1 Å². The van der Waals surface area contributed by atoms with Gasteiger partial charge in [0, 0.05) is 13.0 Å². The number of hydrogen-bond acceptors (Lipinski definition) is 4. The van der Waals surface area contributed by atoms with Gasteiger partial charge in [0.15, 0.2) is 0 Å². The minimum atomic E-state index is -0.438. The van der Waals surface area contributed by atoms with E-state index >= 15 is 0 Å². The van der Waals surface area contributed by atoms with Gasteiger partial charge in [-0.25, -0.2) is 4.79 Å². The van der Waals surface area contributed by atoms with E-state index in [0.717, 1.165) is 28.3 Å². The Morgan fingerprint density at radius 3 is 2.30 bits per heavy atom. The van der Waals surface area contributed by atoms with Crippen LogP contribution in [-0.2, 0) is 32.3 Å². The second kappa shape index (κ2) is 7.94. The van der Waals surface area contributed by atoms with Crippen LogP contribution in [0.5, 0.6) is 0 Å². The number of rotatable bonds is 6. The maximum absolute atomic E-state index is 11.0. The molecule has 118 valence electrons. The number of hydrogen-bond donors (Lipinski definition) is 0. The van der Waals surface area contributed by atoms with Gasteiger partial charge in [-0.2, -0.15) is 0 Å². The third-order valence-corrected chi connectivity index (χ3v) is 3.20. The molecule has 0 saturated carbocycles. The van der Waals surface area contributed by atoms with Crippen molar-refractivity contribution in [1.29, 1.82) is 0 Å². The molecule has 0 saturated heterocycles. The van der Waals surface area contributed by atoms with Gasteiger partial charge in [-0.15, -0.1) is 0 Å². The number of carbonyl (C=O) groups excluding carboxylic acids is 2. The SMILES string of the molecule is C=CC(=O)OCc1ccc(-c2cccc(COC(C)=O)c2)cc1. The molecule has 2 aromatic rings. The molecule has 0 bridgehead atoms. The predicted octanol–water partition coefficient (Wildman–Crippen LogP) is 3.65. The van der Waals surface area contributed by atoms with Crippen molar-refractivity contribution >= 4 is 11.9 Å². The molecule has 0 N–H and O–H groups in total. The lowest BCUT2D eigenvalue weighted by molar-refractivity contribution is -0.142. The molecule has 2 rings (SSSR count). The van der Waals surface area contributed by atoms with E-state index in [1.807, 2.05) is 48.5 Å². The summed E-state index contributed by atoms with van der Waals surface area (Å²) in [4.78, 5) is 21.9. The highest BCUT2D eigenvalue weighted by atomic mass is 16.5. The molecule has 0 heterocycles. The van der Waals surface area contributed by atoms with E-state index in [9.17, 15) is 9.59 Å². The Kier molecular flexibility index (Phi) is 5.69. The van der Waals surface area contributed by atoms with Crippen LogP contribution < -0.4 is 0 Å². The van der Waals surface area contributed by atoms with E-state index in [2.05, 4.69) is 6.58 Å². The zero-order valence-corrected chi connectivity index (χ0v) is 13.0. The average molecular weight is 310 g/mol. The molecule has 0 aliphatic carbocycles. The van der Waals surface area contributed by atoms with Crippen molar-refractivity contribution in [3.05, 3.63) is 72.3 Å². The fraction of sp³-hybridized carbons (Fsp3) is 0.158. The lowest BCUT2D eigenvalue weighted by atomic mass is 10.0. The first-order valence-corrected chi connectivity index (χ1v) is 7.19. The standard InChI is InChI=1S/C19H18O4/c1-3-19(21)23-12-15-7-9-17(10-8-15)18-6-4-5-16(11-18)13-22-14(2)20/h3-11H,1,12-13H2,2H3. The minimum absolute atomic E-state index is 0.220. The normalized spacial score (nSPS) is 9.96. The number of carbonyl (C=O) groups is 2. The molecule has 23 heavy (non-hydrogen) atoms. The first-order chi connectivity index (χ1) is 11.1. The van der Waals surface area contributed by atoms with E-state index in [-0.39, 0.29) is 19.2 Å². The summed E-state index contributed by atoms with van der Waals surface area (Å²) in [5.41, 5.74) is 3.90. The monoisotopic (exact) mass is 310 g/mol. The molecule has 4 nitrogen and oxygen atoms in total. The van der Waals surface area contributed by atoms with Gasteiger partial charge in [0.25, 0.3) is 0 Å². The first kappa shape index (κ1) is 16.5. The van der Waals surface area contributed by atoms with Crippen molar-refractivity contribution in [2.75, 3.05) is 0 Å². The summed E-state index contributed by atoms with van der Waals surface area (Å²) >= 11 is 0. The molecule has 0 atom stereocenters. The highest BCUT2D eigenvalue weighted by molar-refractivity contribution is 5.81. The van der Waals surface area contributed by atoms with Crippen LogP contribution in [0.2, 0.25) is 0 Å². The molecule has 0 aliphatic heterocycles. The molecular formula is C19H18O4. The maximum Gasteiger partial charge on any atom is 0.330 e. The highest BCUT2D eigenvalue weighted by Crippen LogP contribution is 2.21. The zero-order chi connectivity index (χ0) is 16.7. The van der Waals surface area contributed by atoms with E-state index in [1.54, 1.807) is 0 Å². The fourth-order valence-corrected chi connectivity index (χ4v) is 2.03. The van der Waals surface area contributed by atoms with Crippen molar-refractivity contribution in [3.63, 3.8) is 0 Å². The van der Waals surface area contributed by atoms with Gasteiger partial charge in [0.05, 0.1) is 0 Å². The average Bonchev–Trinajstić information content (AvgIpc) is 2.58. The number of esters is 2. The van der Waals surface area contributed by atoms with Crippen LogP contribution in [0.1, 0.15) is 18.1 Å². The lowest BCUT2D eigenvalue weighted by Crippen LogP contribution is -2.00. The lowest BCUT2D eigenvalue weighted by Gasteiger charge is -2.07. The molecule has 0 aromatic heterocycles. The Balaban J connectivity index is 2.06. The fourth-order valence-electron chi connectivity index (χ4n) is 2.03. The summed E-state index contributed by atoms with van der Waals surface area (Å²) in [7, 11) is 0. The summed E-state index contributed by atoms with van der Waals surface area (Å²) in [6.45, 7) is 5.23. The first-order valence-electron chi connectivity index (χ1n) is 7.19. The van der Waals surface area contributed by atoms with Gasteiger partial charge >= 0.3 is 11.9 Å². The second-order valence-corrected chi connectivity index (χ2v) is 4.99. The van der Waals surface area contributed by atoms with Gasteiger partial charge in [-0.1, -0.05) is 49.0 Å². The van der Waals surface area contributed by atoms with E-state index in [0.29, 0.717) is 0 Å². The van der Waals surface area contributed by atoms with Crippen LogP contribution in [0.3, 0.4) is 0 Å². The molecule has 0 amide bonds. The van der Waals surface area contributed by atoms with E-state index in [4.69, 9.17) is 9.47 Å². The molecule has 0 aliphatic rings. The Labute approximate surface area is 135 Å². The minimum Gasteiger partial charge on any atom is -0.461 e. The van der Waals surface area contributed by atoms with Gasteiger partial charge in [-0.05, 0) is 28.3 Å². The van der Waals surface area contributed by atoms with Crippen LogP contribution in [0, 0.1) is 0 Å². The number of ether oxygens (including phenoxy) is 2. The van der Waals surface area contributed by atoms with Crippen LogP contribution in [0.4, 0.5) is 0 Å². The molecule has 0 unspecified atom stereocenters. The van der Waals surface area contributed by atoms with E-state index < -0.39 is 5.97 Å². The number of benzene rings is 2. The smallest absolute Gasteiger partial charge is 0.330 e. The van der Waals surface area contributed by atoms with E-state index in [1.165, 1.54) is 6.92 Å². The summed E-state index contributed by atoms with van der Waals surface area (Å²) in [6, 6.07) is 15.5. The van der Waals surface area contributed by atoms with Crippen molar-refractivity contribution in [1.82, 2.24) is 0 Å². The molecule has 2 aromatic carbocycles. The van der Waals surface area contributed by atoms with Gasteiger partial charge in [-0.3, -0.25) is 4.79 Å². The topological polar surface area (TPSA) is 52.6 Å². The van der Waals surface area contributed by atoms with Crippen LogP contribution in [-0.4, -0.2) is 11.9 Å². The van der Waals surface area contributed by atoms with Gasteiger partial charge in [0.1, 0.15) is 13.2 Å². The molecule has 0 fully saturated rings. The Hall–Kier alpha value is -2.88. The van der Waals surface area contributed by atoms with Crippen molar-refractivity contribution in [2.24, 2.45) is 0 Å². The second-order valence-electron chi connectivity index (χ2n) is 4.99. The third-order valence-electron chi connectivity index (χ3n) is 3.20. The van der Waals surface area contributed by atoms with Gasteiger partial charge < -0.3 is 9.47 Å². The van der Waals surface area contributed by atoms with Crippen molar-refractivity contribution in [3.8, 4) is 11.1 Å². The summed E-state index contributed by atoms with van der Waals surface area (Å²) < 4.78 is 10.00. The van der Waals surface area contributed by atoms with Crippen LogP contribution >= 0.6 is 0 Å². The van der Waals surface area contributed by atoms with Crippen LogP contribution in [0.15, 0.2) is 61.2 Å². The van der Waals surface area contributed by atoms with Crippen LogP contribution in [0.25, 0.3) is 11.1 Å². The molecular weight excluding hydrogens is 292 g/mol.